The lowest BCUT2D eigenvalue weighted by Crippen LogP contribution is -2.45. The van der Waals surface area contributed by atoms with Gasteiger partial charge in [0.05, 0.1) is 0 Å². The number of carboxylic acid groups (broad SMARTS) is 1. The van der Waals surface area contributed by atoms with Crippen molar-refractivity contribution in [2.24, 2.45) is 0 Å². The zero-order valence-electron chi connectivity index (χ0n) is 9.61. The first-order valence-electron chi connectivity index (χ1n) is 4.72. The van der Waals surface area contributed by atoms with E-state index in [1.54, 1.807) is 13.8 Å². The van der Waals surface area contributed by atoms with Gasteiger partial charge in [-0.2, -0.15) is 0 Å². The quantitative estimate of drug-likeness (QED) is 0.680. The Hall–Kier alpha value is -1.11. The van der Waals surface area contributed by atoms with Crippen LogP contribution in [0.2, 0.25) is 0 Å². The van der Waals surface area contributed by atoms with Crippen LogP contribution in [0.3, 0.4) is 0 Å². The fraction of sp³-hybridized carbons (Fsp3) is 0.778. The molecule has 7 heteroatoms. The molecular weight excluding hydrogens is 234 g/mol. The summed E-state index contributed by atoms with van der Waals surface area (Å²) in [6, 6.07) is 0. The standard InChI is InChI=1S/C9H17NO5S/c1-9(2,5-4-8(12)13)10-7(11)6-16(3,14)15/h4-6H2,1-3H3,(H,10,11)(H,12,13). The van der Waals surface area contributed by atoms with Gasteiger partial charge in [-0.3, -0.25) is 9.59 Å². The summed E-state index contributed by atoms with van der Waals surface area (Å²) in [5.74, 6) is -2.15. The Labute approximate surface area is 95.0 Å². The number of hydrogen-bond donors (Lipinski definition) is 2. The van der Waals surface area contributed by atoms with Crippen molar-refractivity contribution in [1.82, 2.24) is 5.32 Å². The Bertz CT molecular complexity index is 371. The average Bonchev–Trinajstić information content (AvgIpc) is 1.95. The van der Waals surface area contributed by atoms with Crippen LogP contribution >= 0.6 is 0 Å². The van der Waals surface area contributed by atoms with Gasteiger partial charge in [-0.1, -0.05) is 0 Å². The van der Waals surface area contributed by atoms with Gasteiger partial charge in [0, 0.05) is 18.2 Å². The third-order valence-corrected chi connectivity index (χ3v) is 2.62. The molecule has 6 nitrogen and oxygen atoms in total. The smallest absolute Gasteiger partial charge is 0.303 e. The maximum Gasteiger partial charge on any atom is 0.303 e. The summed E-state index contributed by atoms with van der Waals surface area (Å²) >= 11 is 0. The highest BCUT2D eigenvalue weighted by Gasteiger charge is 2.23. The molecule has 0 aromatic carbocycles. The van der Waals surface area contributed by atoms with Crippen molar-refractivity contribution in [3.05, 3.63) is 0 Å². The number of carbonyl (C=O) groups is 2. The Balaban J connectivity index is 4.25. The second-order valence-corrected chi connectivity index (χ2v) is 6.54. The molecule has 0 bridgehead atoms. The van der Waals surface area contributed by atoms with Crippen LogP contribution in [0.4, 0.5) is 0 Å². The van der Waals surface area contributed by atoms with Crippen molar-refractivity contribution < 1.29 is 23.1 Å². The number of hydrogen-bond acceptors (Lipinski definition) is 4. The van der Waals surface area contributed by atoms with Crippen molar-refractivity contribution in [3.8, 4) is 0 Å². The molecular formula is C9H17NO5S. The van der Waals surface area contributed by atoms with E-state index in [1.807, 2.05) is 0 Å². The van der Waals surface area contributed by atoms with E-state index >= 15 is 0 Å². The van der Waals surface area contributed by atoms with Crippen LogP contribution in [0.1, 0.15) is 26.7 Å². The predicted octanol–water partition coefficient (Wildman–Crippen LogP) is -0.209. The minimum atomic E-state index is -3.36. The van der Waals surface area contributed by atoms with E-state index in [2.05, 4.69) is 5.32 Å². The molecule has 0 atom stereocenters. The van der Waals surface area contributed by atoms with E-state index in [4.69, 9.17) is 5.11 Å². The number of sulfone groups is 1. The maximum atomic E-state index is 11.3. The zero-order chi connectivity index (χ0) is 13.0. The normalized spacial score (nSPS) is 12.2. The summed E-state index contributed by atoms with van der Waals surface area (Å²) in [4.78, 5) is 21.6. The number of carbonyl (C=O) groups excluding carboxylic acids is 1. The molecule has 2 N–H and O–H groups in total. The summed E-state index contributed by atoms with van der Waals surface area (Å²) in [6.07, 6.45) is 1.14. The van der Waals surface area contributed by atoms with Crippen LogP contribution in [0.5, 0.6) is 0 Å². The minimum absolute atomic E-state index is 0.0772. The van der Waals surface area contributed by atoms with E-state index in [9.17, 15) is 18.0 Å². The summed E-state index contributed by atoms with van der Waals surface area (Å²) in [5, 5.41) is 11.0. The largest absolute Gasteiger partial charge is 0.481 e. The number of rotatable bonds is 6. The summed E-state index contributed by atoms with van der Waals surface area (Å²) < 4.78 is 21.7. The summed E-state index contributed by atoms with van der Waals surface area (Å²) in [5.41, 5.74) is -0.722. The lowest BCUT2D eigenvalue weighted by Gasteiger charge is -2.25. The molecule has 0 rings (SSSR count). The molecule has 0 heterocycles. The van der Waals surface area contributed by atoms with Crippen molar-refractivity contribution in [2.45, 2.75) is 32.2 Å². The number of amides is 1. The summed E-state index contributed by atoms with van der Waals surface area (Å²) in [6.45, 7) is 3.30. The highest BCUT2D eigenvalue weighted by Crippen LogP contribution is 2.11. The van der Waals surface area contributed by atoms with Crippen molar-refractivity contribution >= 4 is 21.7 Å². The Morgan fingerprint density at radius 2 is 1.81 bits per heavy atom. The van der Waals surface area contributed by atoms with E-state index in [0.717, 1.165) is 6.26 Å². The van der Waals surface area contributed by atoms with E-state index in [-0.39, 0.29) is 12.8 Å². The lowest BCUT2D eigenvalue weighted by molar-refractivity contribution is -0.137. The van der Waals surface area contributed by atoms with Gasteiger partial charge in [-0.15, -0.1) is 0 Å². The van der Waals surface area contributed by atoms with Crippen LogP contribution in [-0.2, 0) is 19.4 Å². The van der Waals surface area contributed by atoms with Crippen molar-refractivity contribution in [1.29, 1.82) is 0 Å². The van der Waals surface area contributed by atoms with Crippen molar-refractivity contribution in [3.63, 3.8) is 0 Å². The molecule has 94 valence electrons. The Kier molecular flexibility index (Phi) is 4.92. The van der Waals surface area contributed by atoms with Gasteiger partial charge >= 0.3 is 5.97 Å². The van der Waals surface area contributed by atoms with Gasteiger partial charge in [0.1, 0.15) is 5.75 Å². The average molecular weight is 251 g/mol. The first-order valence-corrected chi connectivity index (χ1v) is 6.78. The molecule has 0 spiro atoms. The maximum absolute atomic E-state index is 11.3. The number of aliphatic carboxylic acids is 1. The van der Waals surface area contributed by atoms with Crippen LogP contribution in [0, 0.1) is 0 Å². The molecule has 0 aromatic rings. The molecule has 0 aromatic heterocycles. The second kappa shape index (κ2) is 5.29. The van der Waals surface area contributed by atoms with E-state index in [1.165, 1.54) is 0 Å². The van der Waals surface area contributed by atoms with Crippen LogP contribution in [0.25, 0.3) is 0 Å². The van der Waals surface area contributed by atoms with Gasteiger partial charge in [0.15, 0.2) is 9.84 Å². The van der Waals surface area contributed by atoms with Gasteiger partial charge in [0.25, 0.3) is 0 Å². The molecule has 0 saturated carbocycles. The first-order chi connectivity index (χ1) is 7.02. The van der Waals surface area contributed by atoms with Gasteiger partial charge in [-0.25, -0.2) is 8.42 Å². The SMILES string of the molecule is CC(C)(CCC(=O)O)NC(=O)CS(C)(=O)=O. The molecule has 0 unspecified atom stereocenters. The highest BCUT2D eigenvalue weighted by molar-refractivity contribution is 7.91. The predicted molar refractivity (Wildman–Crippen MR) is 58.8 cm³/mol. The van der Waals surface area contributed by atoms with Gasteiger partial charge < -0.3 is 10.4 Å². The molecule has 0 fully saturated rings. The number of nitrogens with one attached hydrogen (secondary N) is 1. The monoisotopic (exact) mass is 251 g/mol. The summed E-state index contributed by atoms with van der Waals surface area (Å²) in [7, 11) is -3.36. The second-order valence-electron chi connectivity index (χ2n) is 4.40. The zero-order valence-corrected chi connectivity index (χ0v) is 10.4. The third kappa shape index (κ3) is 8.22. The van der Waals surface area contributed by atoms with E-state index < -0.39 is 33.0 Å². The Morgan fingerprint density at radius 1 is 1.31 bits per heavy atom. The molecule has 0 radical (unpaired) electrons. The molecule has 16 heavy (non-hydrogen) atoms. The fourth-order valence-electron chi connectivity index (χ4n) is 1.13. The third-order valence-electron chi connectivity index (χ3n) is 1.83. The highest BCUT2D eigenvalue weighted by atomic mass is 32.2. The topological polar surface area (TPSA) is 101 Å². The molecule has 0 saturated heterocycles. The molecule has 1 amide bonds. The van der Waals surface area contributed by atoms with Gasteiger partial charge in [-0.05, 0) is 20.3 Å². The molecule has 0 aliphatic carbocycles. The van der Waals surface area contributed by atoms with Crippen molar-refractivity contribution in [2.75, 3.05) is 12.0 Å². The minimum Gasteiger partial charge on any atom is -0.481 e. The first kappa shape index (κ1) is 14.9. The van der Waals surface area contributed by atoms with Crippen LogP contribution < -0.4 is 5.32 Å². The van der Waals surface area contributed by atoms with Gasteiger partial charge in [0.2, 0.25) is 5.91 Å². The van der Waals surface area contributed by atoms with Crippen LogP contribution in [0.15, 0.2) is 0 Å². The molecule has 0 aliphatic heterocycles. The fourth-order valence-corrected chi connectivity index (χ4v) is 1.68. The Morgan fingerprint density at radius 3 is 2.19 bits per heavy atom. The van der Waals surface area contributed by atoms with E-state index in [0.29, 0.717) is 0 Å². The molecule has 0 aliphatic rings. The van der Waals surface area contributed by atoms with Crippen LogP contribution in [-0.4, -0.2) is 42.9 Å². The number of carboxylic acids is 1. The lowest BCUT2D eigenvalue weighted by atomic mass is 9.98.